The number of hydrogen-bond donors (Lipinski definition) is 0. The van der Waals surface area contributed by atoms with Crippen molar-refractivity contribution < 1.29 is 8.83 Å². The molecule has 2 heterocycles. The smallest absolute Gasteiger partial charge is 0.143 e. The average Bonchev–Trinajstić information content (AvgIpc) is 3.99. The second kappa shape index (κ2) is 14.8. The van der Waals surface area contributed by atoms with Crippen LogP contribution in [0.1, 0.15) is 0 Å². The lowest BCUT2D eigenvalue weighted by atomic mass is 9.93. The first kappa shape index (κ1) is 37.5. The van der Waals surface area contributed by atoms with Crippen LogP contribution in [0.25, 0.3) is 120 Å². The molecule has 0 aliphatic carbocycles. The van der Waals surface area contributed by atoms with E-state index in [1.807, 2.05) is 0 Å². The summed E-state index contributed by atoms with van der Waals surface area (Å²) in [4.78, 5) is 2.37. The first-order valence-electron chi connectivity index (χ1n) is 22.9. The summed E-state index contributed by atoms with van der Waals surface area (Å²) in [5, 5.41) is 14.1. The van der Waals surface area contributed by atoms with Crippen molar-refractivity contribution >= 4 is 104 Å². The van der Waals surface area contributed by atoms with Crippen molar-refractivity contribution in [2.24, 2.45) is 0 Å². The van der Waals surface area contributed by atoms with Gasteiger partial charge in [0, 0.05) is 49.4 Å². The molecule has 12 aromatic carbocycles. The summed E-state index contributed by atoms with van der Waals surface area (Å²) in [6.07, 6.45) is 0. The topological polar surface area (TPSA) is 29.5 Å². The van der Waals surface area contributed by atoms with Gasteiger partial charge < -0.3 is 13.7 Å². The Balaban J connectivity index is 0.919. The molecule has 0 aliphatic heterocycles. The summed E-state index contributed by atoms with van der Waals surface area (Å²) in [5.41, 5.74) is 13.7. The molecule has 0 radical (unpaired) electrons. The van der Waals surface area contributed by atoms with Crippen LogP contribution >= 0.6 is 0 Å². The Morgan fingerprint density at radius 2 is 0.731 bits per heavy atom. The van der Waals surface area contributed by atoms with Crippen molar-refractivity contribution in [1.29, 1.82) is 0 Å². The quantitative estimate of drug-likeness (QED) is 0.156. The van der Waals surface area contributed by atoms with E-state index in [0.29, 0.717) is 0 Å². The van der Waals surface area contributed by atoms with Gasteiger partial charge in [0.05, 0.1) is 0 Å². The summed E-state index contributed by atoms with van der Waals surface area (Å²) in [6.45, 7) is 0. The van der Waals surface area contributed by atoms with Crippen LogP contribution in [0.3, 0.4) is 0 Å². The predicted octanol–water partition coefficient (Wildman–Crippen LogP) is 18.6. The minimum absolute atomic E-state index is 0.882. The molecule has 2 aromatic heterocycles. The molecule has 0 saturated heterocycles. The second-order valence-electron chi connectivity index (χ2n) is 17.6. The number of nitrogens with zero attached hydrogens (tertiary/aromatic N) is 1. The van der Waals surface area contributed by atoms with E-state index in [9.17, 15) is 0 Å². The highest BCUT2D eigenvalue weighted by molar-refractivity contribution is 6.20. The fraction of sp³-hybridized carbons (Fsp3) is 0. The highest BCUT2D eigenvalue weighted by Gasteiger charge is 2.20. The fourth-order valence-electron chi connectivity index (χ4n) is 10.7. The maximum atomic E-state index is 6.64. The largest absolute Gasteiger partial charge is 0.455 e. The van der Waals surface area contributed by atoms with E-state index >= 15 is 0 Å². The number of fused-ring (bicyclic) bond motifs is 13. The van der Waals surface area contributed by atoms with Crippen molar-refractivity contribution in [3.05, 3.63) is 237 Å². The molecule has 14 rings (SSSR count). The van der Waals surface area contributed by atoms with Crippen LogP contribution in [0, 0.1) is 0 Å². The van der Waals surface area contributed by atoms with Gasteiger partial charge in [-0.3, -0.25) is 0 Å². The van der Waals surface area contributed by atoms with Crippen molar-refractivity contribution in [2.45, 2.75) is 0 Å². The zero-order valence-electron chi connectivity index (χ0n) is 36.3. The summed E-state index contributed by atoms with van der Waals surface area (Å²) in [7, 11) is 0. The van der Waals surface area contributed by atoms with Crippen LogP contribution in [0.15, 0.2) is 245 Å². The van der Waals surface area contributed by atoms with Crippen molar-refractivity contribution in [3.63, 3.8) is 0 Å². The summed E-state index contributed by atoms with van der Waals surface area (Å²) < 4.78 is 13.2. The molecule has 0 bridgehead atoms. The van der Waals surface area contributed by atoms with Gasteiger partial charge in [0.25, 0.3) is 0 Å². The Labute approximate surface area is 386 Å². The standard InChI is InChI=1S/C64H39NO2/c1-5-18-52-40(12-1)30-36-56-61-50(22-10-24-59(61)66-63(52)56)42-26-32-46(33-27-42)65(47-34-28-43(29-35-47)58-39-45-14-3-4-17-49(45)54-20-7-8-21-55(54)58)48-16-9-15-44(38-48)51-23-11-25-60-62(51)57-37-31-41-13-2-6-19-53(41)64(57)67-60/h1-39H. The minimum atomic E-state index is 0.882. The lowest BCUT2D eigenvalue weighted by molar-refractivity contribution is 0.672. The van der Waals surface area contributed by atoms with Gasteiger partial charge in [0.2, 0.25) is 0 Å². The van der Waals surface area contributed by atoms with Crippen LogP contribution in [-0.2, 0) is 0 Å². The Bertz CT molecular complexity index is 4270. The monoisotopic (exact) mass is 853 g/mol. The third-order valence-electron chi connectivity index (χ3n) is 13.8. The molecule has 14 aromatic rings. The van der Waals surface area contributed by atoms with Crippen molar-refractivity contribution in [2.75, 3.05) is 4.90 Å². The molecular weight excluding hydrogens is 815 g/mol. The molecule has 0 spiro atoms. The fourth-order valence-corrected chi connectivity index (χ4v) is 10.7. The van der Waals surface area contributed by atoms with Crippen LogP contribution in [0.2, 0.25) is 0 Å². The molecule has 3 nitrogen and oxygen atoms in total. The van der Waals surface area contributed by atoms with Gasteiger partial charge in [-0.25, -0.2) is 0 Å². The zero-order chi connectivity index (χ0) is 44.0. The Kier molecular flexibility index (Phi) is 8.28. The van der Waals surface area contributed by atoms with Gasteiger partial charge in [-0.2, -0.15) is 0 Å². The third kappa shape index (κ3) is 5.92. The van der Waals surface area contributed by atoms with Gasteiger partial charge in [-0.15, -0.1) is 0 Å². The normalized spacial score (nSPS) is 11.9. The highest BCUT2D eigenvalue weighted by atomic mass is 16.3. The number of benzene rings is 12. The molecule has 67 heavy (non-hydrogen) atoms. The zero-order valence-corrected chi connectivity index (χ0v) is 36.3. The van der Waals surface area contributed by atoms with Gasteiger partial charge >= 0.3 is 0 Å². The van der Waals surface area contributed by atoms with E-state index in [2.05, 4.69) is 241 Å². The van der Waals surface area contributed by atoms with E-state index in [1.165, 1.54) is 43.4 Å². The highest BCUT2D eigenvalue weighted by Crippen LogP contribution is 2.45. The summed E-state index contributed by atoms with van der Waals surface area (Å²) in [6, 6.07) is 85.3. The lowest BCUT2D eigenvalue weighted by Gasteiger charge is -2.26. The Morgan fingerprint density at radius 1 is 0.254 bits per heavy atom. The SMILES string of the molecule is c1cc(-c2cccc3oc4c5ccccc5ccc4c23)cc(N(c2ccc(-c3cc4ccccc4c4ccccc34)cc2)c2ccc(-c3cccc4oc5c6ccccc6ccc5c34)cc2)c1. The summed E-state index contributed by atoms with van der Waals surface area (Å²) >= 11 is 0. The van der Waals surface area contributed by atoms with Crippen LogP contribution in [0.5, 0.6) is 0 Å². The van der Waals surface area contributed by atoms with Crippen LogP contribution in [-0.4, -0.2) is 0 Å². The lowest BCUT2D eigenvalue weighted by Crippen LogP contribution is -2.10. The minimum Gasteiger partial charge on any atom is -0.455 e. The molecular formula is C64H39NO2. The molecule has 0 saturated carbocycles. The number of hydrogen-bond acceptors (Lipinski definition) is 3. The van der Waals surface area contributed by atoms with Crippen molar-refractivity contribution in [3.8, 4) is 33.4 Å². The van der Waals surface area contributed by atoms with Gasteiger partial charge in [-0.05, 0) is 132 Å². The summed E-state index contributed by atoms with van der Waals surface area (Å²) in [5.74, 6) is 0. The Hall–Kier alpha value is -8.92. The molecule has 0 atom stereocenters. The predicted molar refractivity (Wildman–Crippen MR) is 282 cm³/mol. The second-order valence-corrected chi connectivity index (χ2v) is 17.6. The van der Waals surface area contributed by atoms with E-state index in [1.54, 1.807) is 0 Å². The maximum Gasteiger partial charge on any atom is 0.143 e. The van der Waals surface area contributed by atoms with Crippen molar-refractivity contribution in [1.82, 2.24) is 0 Å². The van der Waals surface area contributed by atoms with Gasteiger partial charge in [0.15, 0.2) is 0 Å². The van der Waals surface area contributed by atoms with E-state index in [4.69, 9.17) is 8.83 Å². The number of anilines is 3. The molecule has 0 unspecified atom stereocenters. The first-order valence-corrected chi connectivity index (χ1v) is 22.9. The molecule has 3 heteroatoms. The number of rotatable bonds is 6. The Morgan fingerprint density at radius 3 is 1.33 bits per heavy atom. The van der Waals surface area contributed by atoms with Crippen LogP contribution < -0.4 is 4.90 Å². The van der Waals surface area contributed by atoms with E-state index in [0.717, 1.165) is 94.0 Å². The van der Waals surface area contributed by atoms with E-state index in [-0.39, 0.29) is 0 Å². The third-order valence-corrected chi connectivity index (χ3v) is 13.8. The molecule has 0 aliphatic rings. The van der Waals surface area contributed by atoms with E-state index < -0.39 is 0 Å². The molecule has 0 amide bonds. The maximum absolute atomic E-state index is 6.64. The first-order chi connectivity index (χ1) is 33.2. The number of furan rings is 2. The van der Waals surface area contributed by atoms with Gasteiger partial charge in [-0.1, -0.05) is 170 Å². The van der Waals surface area contributed by atoms with Crippen LogP contribution in [0.4, 0.5) is 17.1 Å². The molecule has 0 fully saturated rings. The molecule has 312 valence electrons. The average molecular weight is 854 g/mol. The van der Waals surface area contributed by atoms with Gasteiger partial charge in [0.1, 0.15) is 22.3 Å². The molecule has 0 N–H and O–H groups in total.